The molecule has 0 unspecified atom stereocenters. The zero-order valence-electron chi connectivity index (χ0n) is 18.2. The molecule has 0 aromatic heterocycles. The number of carbonyl (C=O) groups excluding carboxylic acids is 1. The number of nitrogens with one attached hydrogen (secondary N) is 2. The first-order valence-electron chi connectivity index (χ1n) is 10.5. The van der Waals surface area contributed by atoms with Gasteiger partial charge in [0.25, 0.3) is 5.91 Å². The third kappa shape index (κ3) is 4.42. The van der Waals surface area contributed by atoms with E-state index in [0.717, 1.165) is 10.8 Å². The Morgan fingerprint density at radius 2 is 1.63 bits per heavy atom. The number of benzene rings is 4. The summed E-state index contributed by atoms with van der Waals surface area (Å²) in [7, 11) is 0. The zero-order valence-corrected chi connectivity index (χ0v) is 18.2. The number of amidine groups is 1. The lowest BCUT2D eigenvalue weighted by Gasteiger charge is -2.12. The Labute approximate surface area is 199 Å². The highest BCUT2D eigenvalue weighted by Gasteiger charge is 2.18. The monoisotopic (exact) mass is 469 g/mol. The summed E-state index contributed by atoms with van der Waals surface area (Å²) in [6.45, 7) is 0.0977. The number of nitrogen functional groups attached to an aromatic ring is 1. The van der Waals surface area contributed by atoms with Crippen LogP contribution in [0.15, 0.2) is 72.8 Å². The molecule has 35 heavy (non-hydrogen) atoms. The second-order valence-corrected chi connectivity index (χ2v) is 7.78. The SMILES string of the molecule is N=C(N)c1ccc2cc(Oc3ccc(NC(=O)c4ccc5c(c4)OCO5)cc3C(=O)O)ccc2c1. The number of rotatable bonds is 6. The van der Waals surface area contributed by atoms with Crippen molar-refractivity contribution in [1.29, 1.82) is 5.41 Å². The molecule has 1 amide bonds. The molecule has 1 aliphatic heterocycles. The number of hydrogen-bond donors (Lipinski definition) is 4. The summed E-state index contributed by atoms with van der Waals surface area (Å²) in [5.41, 5.74) is 6.69. The molecule has 4 aromatic rings. The number of fused-ring (bicyclic) bond motifs is 2. The van der Waals surface area contributed by atoms with Gasteiger partial charge in [-0.2, -0.15) is 0 Å². The van der Waals surface area contributed by atoms with Crippen LogP contribution in [0.3, 0.4) is 0 Å². The minimum absolute atomic E-state index is 0.0240. The van der Waals surface area contributed by atoms with Crippen molar-refractivity contribution in [3.05, 3.63) is 89.5 Å². The third-order valence-corrected chi connectivity index (χ3v) is 5.45. The fourth-order valence-electron chi connectivity index (χ4n) is 3.69. The van der Waals surface area contributed by atoms with E-state index in [1.165, 1.54) is 12.1 Å². The van der Waals surface area contributed by atoms with Gasteiger partial charge in [0.05, 0.1) is 0 Å². The maximum Gasteiger partial charge on any atom is 0.339 e. The van der Waals surface area contributed by atoms with E-state index in [1.54, 1.807) is 54.6 Å². The van der Waals surface area contributed by atoms with Crippen LogP contribution in [0.25, 0.3) is 10.8 Å². The maximum atomic E-state index is 12.7. The molecule has 1 heterocycles. The van der Waals surface area contributed by atoms with E-state index >= 15 is 0 Å². The molecule has 0 atom stereocenters. The second kappa shape index (κ2) is 8.71. The third-order valence-electron chi connectivity index (χ3n) is 5.45. The summed E-state index contributed by atoms with van der Waals surface area (Å²) < 4.78 is 16.4. The van der Waals surface area contributed by atoms with Crippen molar-refractivity contribution in [2.45, 2.75) is 0 Å². The zero-order chi connectivity index (χ0) is 24.5. The molecule has 0 radical (unpaired) electrons. The summed E-state index contributed by atoms with van der Waals surface area (Å²) in [5.74, 6) is -0.0569. The second-order valence-electron chi connectivity index (χ2n) is 7.78. The molecule has 0 saturated carbocycles. The average molecular weight is 469 g/mol. The van der Waals surface area contributed by atoms with Crippen molar-refractivity contribution in [1.82, 2.24) is 0 Å². The quantitative estimate of drug-likeness (QED) is 0.239. The molecule has 9 nitrogen and oxygen atoms in total. The van der Waals surface area contributed by atoms with Gasteiger partial charge in [-0.3, -0.25) is 10.2 Å². The number of ether oxygens (including phenoxy) is 3. The van der Waals surface area contributed by atoms with Crippen molar-refractivity contribution in [2.24, 2.45) is 5.73 Å². The van der Waals surface area contributed by atoms with Gasteiger partial charge in [-0.05, 0) is 65.4 Å². The Morgan fingerprint density at radius 1 is 0.886 bits per heavy atom. The van der Waals surface area contributed by atoms with Crippen molar-refractivity contribution < 1.29 is 28.9 Å². The smallest absolute Gasteiger partial charge is 0.339 e. The molecule has 5 rings (SSSR count). The molecular weight excluding hydrogens is 450 g/mol. The molecule has 0 saturated heterocycles. The average Bonchev–Trinajstić information content (AvgIpc) is 3.32. The van der Waals surface area contributed by atoms with Crippen molar-refractivity contribution in [3.8, 4) is 23.0 Å². The molecular formula is C26H19N3O6. The van der Waals surface area contributed by atoms with Crippen LogP contribution in [0.4, 0.5) is 5.69 Å². The molecule has 0 spiro atoms. The van der Waals surface area contributed by atoms with Gasteiger partial charge in [0.1, 0.15) is 22.9 Å². The van der Waals surface area contributed by atoms with Gasteiger partial charge in [-0.25, -0.2) is 4.79 Å². The number of amides is 1. The Hall–Kier alpha value is -5.05. The fraction of sp³-hybridized carbons (Fsp3) is 0.0385. The predicted octanol–water partition coefficient (Wildman–Crippen LogP) is 4.60. The number of carboxylic acid groups (broad SMARTS) is 1. The van der Waals surface area contributed by atoms with Crippen molar-refractivity contribution >= 4 is 34.2 Å². The number of anilines is 1. The number of carbonyl (C=O) groups is 2. The van der Waals surface area contributed by atoms with Gasteiger partial charge in [-0.15, -0.1) is 0 Å². The van der Waals surface area contributed by atoms with Crippen LogP contribution in [0.1, 0.15) is 26.3 Å². The first-order valence-corrected chi connectivity index (χ1v) is 10.5. The summed E-state index contributed by atoms with van der Waals surface area (Å²) in [4.78, 5) is 24.6. The molecule has 0 fully saturated rings. The predicted molar refractivity (Wildman–Crippen MR) is 129 cm³/mol. The molecule has 0 aliphatic carbocycles. The van der Waals surface area contributed by atoms with E-state index in [4.69, 9.17) is 25.4 Å². The first kappa shape index (κ1) is 21.8. The van der Waals surface area contributed by atoms with Gasteiger partial charge in [0, 0.05) is 16.8 Å². The summed E-state index contributed by atoms with van der Waals surface area (Å²) in [6.07, 6.45) is 0. The number of aromatic carboxylic acids is 1. The van der Waals surface area contributed by atoms with E-state index in [-0.39, 0.29) is 23.9 Å². The van der Waals surface area contributed by atoms with Crippen molar-refractivity contribution in [2.75, 3.05) is 12.1 Å². The molecule has 5 N–H and O–H groups in total. The maximum absolute atomic E-state index is 12.7. The van der Waals surface area contributed by atoms with E-state index in [2.05, 4.69) is 5.32 Å². The molecule has 174 valence electrons. The lowest BCUT2D eigenvalue weighted by atomic mass is 10.1. The van der Waals surface area contributed by atoms with Gasteiger partial charge >= 0.3 is 5.97 Å². The van der Waals surface area contributed by atoms with Crippen LogP contribution < -0.4 is 25.3 Å². The van der Waals surface area contributed by atoms with E-state index in [0.29, 0.717) is 34.1 Å². The summed E-state index contributed by atoms with van der Waals surface area (Å²) in [6, 6.07) is 19.8. The molecule has 9 heteroatoms. The highest BCUT2D eigenvalue weighted by atomic mass is 16.7. The van der Waals surface area contributed by atoms with Gasteiger partial charge in [0.15, 0.2) is 11.5 Å². The van der Waals surface area contributed by atoms with Crippen LogP contribution in [-0.2, 0) is 0 Å². The van der Waals surface area contributed by atoms with E-state index in [1.807, 2.05) is 6.07 Å². The standard InChI is InChI=1S/C26H19N3O6/c27-24(28)16-2-1-15-10-19(6-3-14(15)9-16)35-21-8-5-18(12-20(21)26(31)32)29-25(30)17-4-7-22-23(11-17)34-13-33-22/h1-12H,13H2,(H3,27,28)(H,29,30)(H,31,32). The molecule has 4 aromatic carbocycles. The Morgan fingerprint density at radius 3 is 2.43 bits per heavy atom. The Kier molecular flexibility index (Phi) is 5.42. The Bertz CT molecular complexity index is 1510. The lowest BCUT2D eigenvalue weighted by molar-refractivity contribution is 0.0693. The number of nitrogens with two attached hydrogens (primary N) is 1. The van der Waals surface area contributed by atoms with Crippen LogP contribution in [0, 0.1) is 5.41 Å². The topological polar surface area (TPSA) is 144 Å². The normalized spacial score (nSPS) is 11.8. The highest BCUT2D eigenvalue weighted by molar-refractivity contribution is 6.05. The minimum atomic E-state index is -1.20. The first-order chi connectivity index (χ1) is 16.9. The van der Waals surface area contributed by atoms with Crippen LogP contribution >= 0.6 is 0 Å². The van der Waals surface area contributed by atoms with Gasteiger partial charge in [0.2, 0.25) is 6.79 Å². The largest absolute Gasteiger partial charge is 0.478 e. The number of hydrogen-bond acceptors (Lipinski definition) is 6. The van der Waals surface area contributed by atoms with Crippen LogP contribution in [0.5, 0.6) is 23.0 Å². The fourth-order valence-corrected chi connectivity index (χ4v) is 3.69. The summed E-state index contributed by atoms with van der Waals surface area (Å²) in [5, 5.41) is 21.7. The lowest BCUT2D eigenvalue weighted by Crippen LogP contribution is -2.12. The molecule has 0 bridgehead atoms. The van der Waals surface area contributed by atoms with E-state index < -0.39 is 11.9 Å². The van der Waals surface area contributed by atoms with E-state index in [9.17, 15) is 14.7 Å². The molecule has 1 aliphatic rings. The van der Waals surface area contributed by atoms with Crippen molar-refractivity contribution in [3.63, 3.8) is 0 Å². The summed E-state index contributed by atoms with van der Waals surface area (Å²) >= 11 is 0. The minimum Gasteiger partial charge on any atom is -0.478 e. The van der Waals surface area contributed by atoms with Gasteiger partial charge in [-0.1, -0.05) is 18.2 Å². The number of carboxylic acids is 1. The van der Waals surface area contributed by atoms with Gasteiger partial charge < -0.3 is 30.4 Å². The Balaban J connectivity index is 1.37. The van der Waals surface area contributed by atoms with Crippen LogP contribution in [-0.4, -0.2) is 29.6 Å². The van der Waals surface area contributed by atoms with Crippen LogP contribution in [0.2, 0.25) is 0 Å². The highest BCUT2D eigenvalue weighted by Crippen LogP contribution is 2.33.